The fourth-order valence-corrected chi connectivity index (χ4v) is 6.18. The third kappa shape index (κ3) is 2.57. The lowest BCUT2D eigenvalue weighted by Crippen LogP contribution is -2.62. The smallest absolute Gasteiger partial charge is 0.345 e. The summed E-state index contributed by atoms with van der Waals surface area (Å²) in [6, 6.07) is 5.63. The van der Waals surface area contributed by atoms with Crippen molar-refractivity contribution in [2.75, 3.05) is 0 Å². The Balaban J connectivity index is 1.80. The maximum Gasteiger partial charge on any atom is 0.345 e. The molecule has 1 aromatic heterocycles. The van der Waals surface area contributed by atoms with E-state index in [0.717, 1.165) is 23.8 Å². The van der Waals surface area contributed by atoms with Gasteiger partial charge in [-0.25, -0.2) is 4.79 Å². The molecule has 30 heavy (non-hydrogen) atoms. The molecule has 0 amide bonds. The highest BCUT2D eigenvalue weighted by Crippen LogP contribution is 2.61. The van der Waals surface area contributed by atoms with E-state index in [1.165, 1.54) is 0 Å². The maximum atomic E-state index is 13.6. The molecule has 0 N–H and O–H groups in total. The van der Waals surface area contributed by atoms with Crippen molar-refractivity contribution in [3.8, 4) is 5.75 Å². The van der Waals surface area contributed by atoms with Crippen molar-refractivity contribution in [1.82, 2.24) is 0 Å². The number of hydrogen-bond donors (Lipinski definition) is 0. The number of benzene rings is 1. The van der Waals surface area contributed by atoms with Crippen molar-refractivity contribution in [1.29, 1.82) is 0 Å². The Morgan fingerprint density at radius 3 is 2.73 bits per heavy atom. The second kappa shape index (κ2) is 6.68. The van der Waals surface area contributed by atoms with Gasteiger partial charge in [-0.05, 0) is 48.6 Å². The molecule has 6 atom stereocenters. The van der Waals surface area contributed by atoms with Gasteiger partial charge in [-0.2, -0.15) is 0 Å². The highest BCUT2D eigenvalue weighted by molar-refractivity contribution is 5.91. The zero-order valence-electron chi connectivity index (χ0n) is 18.4. The monoisotopic (exact) mass is 410 g/mol. The Hall–Kier alpha value is -2.14. The Labute approximate surface area is 176 Å². The van der Waals surface area contributed by atoms with Crippen LogP contribution in [0.1, 0.15) is 64.2 Å². The topological polar surface area (TPSA) is 65.7 Å². The van der Waals surface area contributed by atoms with Crippen LogP contribution in [0, 0.1) is 36.5 Å². The minimum atomic E-state index is -1.34. The summed E-state index contributed by atoms with van der Waals surface area (Å²) in [4.78, 5) is 26.7. The lowest BCUT2D eigenvalue weighted by Gasteiger charge is -2.53. The van der Waals surface area contributed by atoms with E-state index < -0.39 is 17.5 Å². The van der Waals surface area contributed by atoms with Crippen LogP contribution in [0.15, 0.2) is 27.4 Å². The normalized spacial score (nSPS) is 34.5. The average Bonchev–Trinajstić information content (AvgIpc) is 3.07. The second-order valence-corrected chi connectivity index (χ2v) is 9.99. The molecule has 5 heteroatoms. The van der Waals surface area contributed by atoms with Gasteiger partial charge in [-0.3, -0.25) is 4.79 Å². The lowest BCUT2D eigenvalue weighted by molar-refractivity contribution is -0.293. The third-order valence-corrected chi connectivity index (χ3v) is 7.65. The van der Waals surface area contributed by atoms with Gasteiger partial charge in [0.05, 0.1) is 5.39 Å². The van der Waals surface area contributed by atoms with Gasteiger partial charge in [-0.1, -0.05) is 46.2 Å². The molecule has 5 nitrogen and oxygen atoms in total. The zero-order valence-corrected chi connectivity index (χ0v) is 18.4. The molecule has 2 aromatic rings. The molecule has 2 aliphatic heterocycles. The van der Waals surface area contributed by atoms with Gasteiger partial charge in [0, 0.05) is 12.3 Å². The molecule has 160 valence electrons. The molecule has 1 saturated carbocycles. The number of ether oxygens (including phenoxy) is 2. The van der Waals surface area contributed by atoms with Crippen LogP contribution < -0.4 is 10.4 Å². The predicted molar refractivity (Wildman–Crippen MR) is 113 cm³/mol. The van der Waals surface area contributed by atoms with Crippen LogP contribution in [0.3, 0.4) is 0 Å². The van der Waals surface area contributed by atoms with Gasteiger partial charge in [0.1, 0.15) is 23.0 Å². The van der Waals surface area contributed by atoms with Crippen LogP contribution in [0.2, 0.25) is 0 Å². The number of Topliss-reactive ketones (excluding diaryl/α,β-unsaturated/α-hetero) is 1. The van der Waals surface area contributed by atoms with Crippen LogP contribution in [0.25, 0.3) is 11.0 Å². The fraction of sp³-hybridized carbons (Fsp3) is 0.600. The molecule has 1 aromatic carbocycles. The van der Waals surface area contributed by atoms with Crippen molar-refractivity contribution in [3.63, 3.8) is 0 Å². The van der Waals surface area contributed by atoms with Crippen LogP contribution >= 0.6 is 0 Å². The third-order valence-electron chi connectivity index (χ3n) is 7.65. The standard InChI is InChI=1S/C25H30O5/c1-12(2)11-18(26)25-15(5)16-10-9-14(4)19(16)22(29-25)21-23(30-25)20-13(3)7-6-8-17(20)28-24(21)27/h6-8,12,14-16,19,22H,9-11H2,1-5H3/t14-,15-,16-,19-,22-,25-/m0/s1. The summed E-state index contributed by atoms with van der Waals surface area (Å²) < 4.78 is 18.8. The van der Waals surface area contributed by atoms with Gasteiger partial charge in [0.2, 0.25) is 5.78 Å². The van der Waals surface area contributed by atoms with Gasteiger partial charge in [0.25, 0.3) is 5.79 Å². The lowest BCUT2D eigenvalue weighted by atomic mass is 9.68. The molecule has 0 radical (unpaired) electrons. The molecule has 2 bridgehead atoms. The first-order chi connectivity index (χ1) is 14.2. The Morgan fingerprint density at radius 1 is 1.23 bits per heavy atom. The summed E-state index contributed by atoms with van der Waals surface area (Å²) in [5.74, 6) is 0.155. The quantitative estimate of drug-likeness (QED) is 0.653. The first-order valence-corrected chi connectivity index (χ1v) is 11.2. The molecule has 1 aliphatic carbocycles. The van der Waals surface area contributed by atoms with E-state index in [-0.39, 0.29) is 29.5 Å². The highest BCUT2D eigenvalue weighted by atomic mass is 16.7. The summed E-state index contributed by atoms with van der Waals surface area (Å²) >= 11 is 0. The number of hydrogen-bond acceptors (Lipinski definition) is 5. The van der Waals surface area contributed by atoms with Crippen LogP contribution in [0.5, 0.6) is 5.75 Å². The van der Waals surface area contributed by atoms with E-state index in [1.807, 2.05) is 32.9 Å². The summed E-state index contributed by atoms with van der Waals surface area (Å²) in [7, 11) is 0. The number of ketones is 1. The molecule has 5 rings (SSSR count). The second-order valence-electron chi connectivity index (χ2n) is 9.99. The molecule has 0 spiro atoms. The first-order valence-electron chi connectivity index (χ1n) is 11.2. The number of carbonyl (C=O) groups is 1. The molecular formula is C25H30O5. The van der Waals surface area contributed by atoms with E-state index in [2.05, 4.69) is 13.8 Å². The number of aryl methyl sites for hydroxylation is 1. The minimum Gasteiger partial charge on any atom is -0.453 e. The van der Waals surface area contributed by atoms with Crippen LogP contribution in [0.4, 0.5) is 0 Å². The molecule has 3 aliphatic rings. The zero-order chi connectivity index (χ0) is 21.4. The number of fused-ring (bicyclic) bond motifs is 8. The fourth-order valence-electron chi connectivity index (χ4n) is 6.18. The maximum absolute atomic E-state index is 13.6. The van der Waals surface area contributed by atoms with E-state index in [0.29, 0.717) is 29.2 Å². The van der Waals surface area contributed by atoms with Crippen molar-refractivity contribution < 1.29 is 18.7 Å². The Morgan fingerprint density at radius 2 is 2.00 bits per heavy atom. The molecule has 1 saturated heterocycles. The van der Waals surface area contributed by atoms with Crippen LogP contribution in [-0.4, -0.2) is 11.6 Å². The molecule has 0 unspecified atom stereocenters. The van der Waals surface area contributed by atoms with Gasteiger partial charge < -0.3 is 13.9 Å². The minimum absolute atomic E-state index is 0.0198. The van der Waals surface area contributed by atoms with Crippen molar-refractivity contribution in [3.05, 3.63) is 39.7 Å². The van der Waals surface area contributed by atoms with E-state index in [1.54, 1.807) is 6.07 Å². The van der Waals surface area contributed by atoms with Gasteiger partial charge in [0.15, 0.2) is 0 Å². The summed E-state index contributed by atoms with van der Waals surface area (Å²) in [5, 5.41) is 0.776. The van der Waals surface area contributed by atoms with Gasteiger partial charge >= 0.3 is 5.63 Å². The van der Waals surface area contributed by atoms with Crippen LogP contribution in [-0.2, 0) is 9.53 Å². The van der Waals surface area contributed by atoms with Crippen molar-refractivity contribution in [2.24, 2.45) is 29.6 Å². The van der Waals surface area contributed by atoms with Crippen molar-refractivity contribution >= 4 is 16.8 Å². The largest absolute Gasteiger partial charge is 0.453 e. The summed E-state index contributed by atoms with van der Waals surface area (Å²) in [6.07, 6.45) is 2.02. The summed E-state index contributed by atoms with van der Waals surface area (Å²) in [6.45, 7) is 10.4. The molecule has 2 fully saturated rings. The first kappa shape index (κ1) is 19.8. The van der Waals surface area contributed by atoms with E-state index in [9.17, 15) is 9.59 Å². The molecule has 3 heterocycles. The average molecular weight is 411 g/mol. The summed E-state index contributed by atoms with van der Waals surface area (Å²) in [5.41, 5.74) is 1.50. The van der Waals surface area contributed by atoms with Crippen molar-refractivity contribution in [2.45, 2.75) is 65.8 Å². The SMILES string of the molecule is Cc1cccc2oc(=O)c3c(c12)O[C@@]1(C(=O)CC(C)C)O[C@H]3[C@@H]2[C@@H](CC[C@@H]2C)[C@@H]1C. The molecular weight excluding hydrogens is 380 g/mol. The Bertz CT molecular complexity index is 1080. The number of rotatable bonds is 3. The number of carbonyl (C=O) groups excluding carboxylic acids is 1. The van der Waals surface area contributed by atoms with Gasteiger partial charge in [-0.15, -0.1) is 0 Å². The van der Waals surface area contributed by atoms with E-state index >= 15 is 0 Å². The Kier molecular flexibility index (Phi) is 4.41. The predicted octanol–water partition coefficient (Wildman–Crippen LogP) is 5.18. The highest BCUT2D eigenvalue weighted by Gasteiger charge is 2.64. The van der Waals surface area contributed by atoms with E-state index in [4.69, 9.17) is 13.9 Å².